The number of allylic oxidation sites excluding steroid dienone is 2. The topological polar surface area (TPSA) is 58.9 Å². The number of aliphatic hydroxyl groups is 2. The molecule has 4 nitrogen and oxygen atoms in total. The molecule has 0 aromatic heterocycles. The zero-order valence-corrected chi connectivity index (χ0v) is 43.1. The highest BCUT2D eigenvalue weighted by Gasteiger charge is 2.43. The van der Waals surface area contributed by atoms with Crippen molar-refractivity contribution in [3.63, 3.8) is 0 Å². The maximum absolute atomic E-state index is 9.34. The zero-order chi connectivity index (χ0) is 43.7. The Balaban J connectivity index is 0. The third-order valence-corrected chi connectivity index (χ3v) is 22.1. The molecule has 0 aliphatic heterocycles. The van der Waals surface area contributed by atoms with Crippen molar-refractivity contribution >= 4 is 115 Å². The molecule has 0 atom stereocenters. The van der Waals surface area contributed by atoms with Crippen molar-refractivity contribution in [3.05, 3.63) is 81.9 Å². The minimum atomic E-state index is -1.93. The summed E-state index contributed by atoms with van der Waals surface area (Å²) in [6, 6.07) is 15.4. The van der Waals surface area contributed by atoms with Gasteiger partial charge in [0.25, 0.3) is 0 Å². The molecule has 0 radical (unpaired) electrons. The molecule has 2 rings (SSSR count). The smallest absolute Gasteiger partial charge is 0.192 e. The van der Waals surface area contributed by atoms with Crippen molar-refractivity contribution in [1.82, 2.24) is 0 Å². The van der Waals surface area contributed by atoms with E-state index in [1.807, 2.05) is 60.7 Å². The number of hydrogen-bond donors (Lipinski definition) is 2. The molecule has 2 aromatic carbocycles. The largest absolute Gasteiger partial charge is 0.416 e. The average Bonchev–Trinajstić information content (AvgIpc) is 3.14. The lowest BCUT2D eigenvalue weighted by atomic mass is 9.83. The maximum Gasteiger partial charge on any atom is 0.192 e. The zero-order valence-electron chi connectivity index (χ0n) is 34.7. The first-order valence-corrected chi connectivity index (χ1v) is 29.9. The third kappa shape index (κ3) is 21.5. The van der Waals surface area contributed by atoms with E-state index < -0.39 is 22.0 Å². The van der Waals surface area contributed by atoms with Gasteiger partial charge in [-0.25, -0.2) is 0 Å². The van der Waals surface area contributed by atoms with Gasteiger partial charge in [-0.05, 0) is 72.4 Å². The van der Waals surface area contributed by atoms with Crippen LogP contribution in [0.5, 0.6) is 0 Å². The number of hydrogen-bond acceptors (Lipinski definition) is 8. The summed E-state index contributed by atoms with van der Waals surface area (Å²) in [7, 11) is -1.51. The highest BCUT2D eigenvalue weighted by Crippen LogP contribution is 2.42. The second-order valence-corrected chi connectivity index (χ2v) is 30.5. The van der Waals surface area contributed by atoms with Crippen LogP contribution in [0.1, 0.15) is 78.4 Å². The van der Waals surface area contributed by atoms with Gasteiger partial charge in [0.1, 0.15) is 0 Å². The molecular weight excluding hydrogens is 888 g/mol. The predicted molar refractivity (Wildman–Crippen MR) is 267 cm³/mol. The van der Waals surface area contributed by atoms with E-state index in [0.29, 0.717) is 37.5 Å². The van der Waals surface area contributed by atoms with Crippen LogP contribution in [0.3, 0.4) is 0 Å². The van der Waals surface area contributed by atoms with Gasteiger partial charge in [0, 0.05) is 109 Å². The lowest BCUT2D eigenvalue weighted by molar-refractivity contribution is 0.0612. The second-order valence-electron chi connectivity index (χ2n) is 16.6. The molecule has 0 aliphatic carbocycles. The fourth-order valence-corrected chi connectivity index (χ4v) is 6.92. The average molecular weight is 950 g/mol. The lowest BCUT2D eigenvalue weighted by Crippen LogP contribution is -2.48. The summed E-state index contributed by atoms with van der Waals surface area (Å²) >= 11 is 28.4. The highest BCUT2D eigenvalue weighted by molar-refractivity contribution is 8.51. The minimum absolute atomic E-state index is 0.138. The molecule has 0 amide bonds. The van der Waals surface area contributed by atoms with Gasteiger partial charge < -0.3 is 19.1 Å². The molecule has 0 heterocycles. The van der Waals surface area contributed by atoms with Gasteiger partial charge in [-0.15, -0.1) is 24.7 Å². The van der Waals surface area contributed by atoms with Gasteiger partial charge in [0.15, 0.2) is 16.6 Å². The van der Waals surface area contributed by atoms with Crippen LogP contribution in [0, 0.1) is 35.5 Å². The molecule has 0 saturated heterocycles. The van der Waals surface area contributed by atoms with Crippen molar-refractivity contribution in [2.75, 3.05) is 26.4 Å². The molecule has 0 fully saturated rings. The van der Waals surface area contributed by atoms with E-state index in [4.69, 9.17) is 44.9 Å². The number of benzene rings is 2. The van der Waals surface area contributed by atoms with Gasteiger partial charge in [-0.1, -0.05) is 125 Å². The summed E-state index contributed by atoms with van der Waals surface area (Å²) < 4.78 is 13.4. The van der Waals surface area contributed by atoms with E-state index in [0.717, 1.165) is 22.6 Å². The standard InChI is InChI=1S/C27H45ClO2Si2.C15H17ClO2.S4.S2/c1-12-19-27(21-29-31(8,9)25(2,3)4,22-30-32(10,11)26(5,6)7)20-15-17-23-16-13-14-18-24(23)28;1-2-9-15(11-17,12-18)10-5-7-13-6-3-4-8-14(13)16;1-3-4-2;1-2/h1,13-18H,19-22H2,2-11H3;1,3-8,17-18H,9-12H2;;/b17-15+;7-5+;;. The third-order valence-electron chi connectivity index (χ3n) is 10.3. The van der Waals surface area contributed by atoms with Crippen LogP contribution in [0.4, 0.5) is 0 Å². The molecule has 312 valence electrons. The summed E-state index contributed by atoms with van der Waals surface area (Å²) in [5, 5.41) is 20.4. The molecule has 0 bridgehead atoms. The first-order chi connectivity index (χ1) is 26.0. The minimum Gasteiger partial charge on any atom is -0.416 e. The van der Waals surface area contributed by atoms with Crippen molar-refractivity contribution in [3.8, 4) is 24.7 Å². The van der Waals surface area contributed by atoms with Crippen LogP contribution >= 0.6 is 23.2 Å². The van der Waals surface area contributed by atoms with Gasteiger partial charge in [0.05, 0.1) is 13.2 Å². The summed E-state index contributed by atoms with van der Waals surface area (Å²) in [6.07, 6.45) is 21.4. The Hall–Kier alpha value is -0.786. The van der Waals surface area contributed by atoms with Crippen molar-refractivity contribution in [1.29, 1.82) is 0 Å². The Labute approximate surface area is 377 Å². The van der Waals surface area contributed by atoms with Gasteiger partial charge >= 0.3 is 0 Å². The molecular formula is C42H62Cl2O4S6Si2. The summed E-state index contributed by atoms with van der Waals surface area (Å²) in [5.41, 5.74) is 1.01. The Kier molecular flexibility index (Phi) is 29.3. The van der Waals surface area contributed by atoms with Gasteiger partial charge in [-0.2, -0.15) is 0 Å². The summed E-state index contributed by atoms with van der Waals surface area (Å²) in [6.45, 7) is 23.7. The Bertz CT molecular complexity index is 1640. The van der Waals surface area contributed by atoms with Crippen LogP contribution in [-0.2, 0) is 71.4 Å². The van der Waals surface area contributed by atoms with Crippen LogP contribution in [0.2, 0.25) is 46.3 Å². The van der Waals surface area contributed by atoms with E-state index >= 15 is 0 Å². The monoisotopic (exact) mass is 948 g/mol. The Morgan fingerprint density at radius 3 is 1.27 bits per heavy atom. The van der Waals surface area contributed by atoms with E-state index in [1.54, 1.807) is 0 Å². The number of rotatable bonds is 16. The molecule has 2 N–H and O–H groups in total. The molecule has 0 saturated carbocycles. The second kappa shape index (κ2) is 28.6. The number of terminal acetylenes is 2. The fraction of sp³-hybridized carbons (Fsp3) is 0.524. The van der Waals surface area contributed by atoms with Crippen molar-refractivity contribution in [2.45, 2.75) is 103 Å². The molecule has 0 aliphatic rings. The van der Waals surface area contributed by atoms with Crippen LogP contribution < -0.4 is 0 Å². The highest BCUT2D eigenvalue weighted by atomic mass is 35.5. The van der Waals surface area contributed by atoms with Crippen LogP contribution in [-0.4, -0.2) is 53.3 Å². The molecule has 56 heavy (non-hydrogen) atoms. The lowest BCUT2D eigenvalue weighted by Gasteiger charge is -2.43. The van der Waals surface area contributed by atoms with E-state index in [-0.39, 0.29) is 28.7 Å². The molecule has 2 aromatic rings. The summed E-state index contributed by atoms with van der Waals surface area (Å²) in [5.74, 6) is 5.42. The SMILES string of the molecule is C#CCC(C/C=C/c1ccccc1Cl)(CO[Si](C)(C)C(C)(C)C)CO[Si](C)(C)C(C)(C)C.C#CCC(CO)(CO)C/C=C/c1ccccc1Cl.S=S.S=S=S=S. The predicted octanol–water partition coefficient (Wildman–Crippen LogP) is 11.5. The first kappa shape index (κ1) is 57.3. The van der Waals surface area contributed by atoms with Crippen LogP contribution in [0.25, 0.3) is 12.2 Å². The maximum atomic E-state index is 9.34. The molecule has 0 unspecified atom stereocenters. The van der Waals surface area contributed by atoms with E-state index in [9.17, 15) is 10.2 Å². The van der Waals surface area contributed by atoms with E-state index in [1.165, 1.54) is 17.8 Å². The van der Waals surface area contributed by atoms with Gasteiger partial charge in [-0.3, -0.25) is 0 Å². The van der Waals surface area contributed by atoms with Crippen molar-refractivity contribution < 1.29 is 19.1 Å². The van der Waals surface area contributed by atoms with E-state index in [2.05, 4.69) is 136 Å². The molecule has 0 spiro atoms. The number of aliphatic hydroxyl groups excluding tert-OH is 2. The van der Waals surface area contributed by atoms with Crippen LogP contribution in [0.15, 0.2) is 60.7 Å². The normalized spacial score (nSPS) is 12.2. The Morgan fingerprint density at radius 1 is 0.661 bits per heavy atom. The Morgan fingerprint density at radius 2 is 0.982 bits per heavy atom. The van der Waals surface area contributed by atoms with Crippen molar-refractivity contribution in [2.24, 2.45) is 10.8 Å². The fourth-order valence-electron chi connectivity index (χ4n) is 4.32. The molecule has 14 heteroatoms. The number of halogens is 2. The summed E-state index contributed by atoms with van der Waals surface area (Å²) in [4.78, 5) is 0. The van der Waals surface area contributed by atoms with Gasteiger partial charge in [0.2, 0.25) is 0 Å². The quantitative estimate of drug-likeness (QED) is 0.128. The first-order valence-electron chi connectivity index (χ1n) is 18.0.